The molecule has 0 aliphatic carbocycles. The van der Waals surface area contributed by atoms with Crippen LogP contribution in [0.4, 0.5) is 0 Å². The zero-order valence-electron chi connectivity index (χ0n) is 37.4. The molecule has 6 rings (SSSR count). The minimum absolute atomic E-state index is 0. The number of carboxylic acid groups (broad SMARTS) is 2. The molecule has 2 N–H and O–H groups in total. The Kier molecular flexibility index (Phi) is 17.6. The van der Waals surface area contributed by atoms with Crippen LogP contribution in [-0.4, -0.2) is 93.3 Å². The van der Waals surface area contributed by atoms with Crippen molar-refractivity contribution in [3.05, 3.63) is 47.5 Å². The fraction of sp³-hybridized carbons (Fsp3) is 0.617. The minimum atomic E-state index is -1.21. The molecular weight excluding hydrogens is 944 g/mol. The zero-order chi connectivity index (χ0) is 44.3. The van der Waals surface area contributed by atoms with Crippen LogP contribution in [0.25, 0.3) is 0 Å². The smallest absolute Gasteiger partial charge is 0.311 e. The van der Waals surface area contributed by atoms with Crippen molar-refractivity contribution < 1.29 is 101 Å². The molecule has 4 atom stereocenters. The molecule has 348 valence electrons. The molecule has 14 nitrogen and oxygen atoms in total. The second kappa shape index (κ2) is 21.4. The van der Waals surface area contributed by atoms with E-state index in [-0.39, 0.29) is 131 Å². The molecular formula is C47H64Br2N2O12. The number of hydrogen-bond donors (Lipinski definition) is 2. The molecule has 0 radical (unpaired) electrons. The van der Waals surface area contributed by atoms with Gasteiger partial charge in [-0.3, -0.25) is 28.8 Å². The van der Waals surface area contributed by atoms with Crippen molar-refractivity contribution in [2.45, 2.75) is 155 Å². The Morgan fingerprint density at radius 2 is 0.873 bits per heavy atom. The molecule has 4 heterocycles. The van der Waals surface area contributed by atoms with Crippen molar-refractivity contribution in [3.8, 4) is 23.0 Å². The van der Waals surface area contributed by atoms with Crippen LogP contribution in [-0.2, 0) is 41.9 Å². The maximum atomic E-state index is 14.0. The van der Waals surface area contributed by atoms with E-state index in [0.29, 0.717) is 47.7 Å². The molecule has 2 aromatic rings. The number of quaternary nitrogens is 2. The van der Waals surface area contributed by atoms with Gasteiger partial charge in [0, 0.05) is 94.6 Å². The molecule has 0 saturated carbocycles. The predicted octanol–water partition coefficient (Wildman–Crippen LogP) is 1.37. The number of carbonyl (C=O) groups is 6. The number of ether oxygens (including phenoxy) is 4. The largest absolute Gasteiger partial charge is 1.00 e. The Balaban J connectivity index is 0.00000436. The minimum Gasteiger partial charge on any atom is -1.00 e. The Bertz CT molecular complexity index is 1870. The van der Waals surface area contributed by atoms with E-state index in [1.165, 1.54) is 0 Å². The van der Waals surface area contributed by atoms with E-state index in [1.807, 2.05) is 12.1 Å². The number of benzene rings is 2. The molecule has 4 aliphatic heterocycles. The number of aliphatic carboxylic acids is 2. The third-order valence-electron chi connectivity index (χ3n) is 14.9. The summed E-state index contributed by atoms with van der Waals surface area (Å²) in [6.45, 7) is 8.00. The average Bonchev–Trinajstić information content (AvgIpc) is 3.44. The van der Waals surface area contributed by atoms with Gasteiger partial charge in [0.2, 0.25) is 0 Å². The fourth-order valence-corrected chi connectivity index (χ4v) is 11.6. The summed E-state index contributed by atoms with van der Waals surface area (Å²) in [5, 5.41) is 21.5. The van der Waals surface area contributed by atoms with Gasteiger partial charge in [0.1, 0.15) is 13.1 Å². The van der Waals surface area contributed by atoms with Gasteiger partial charge in [0.05, 0.1) is 43.7 Å². The van der Waals surface area contributed by atoms with Crippen LogP contribution in [0, 0.1) is 17.3 Å². The van der Waals surface area contributed by atoms with Crippen molar-refractivity contribution in [1.82, 2.24) is 0 Å². The SMILES string of the molecule is CCC(=O)Oc1ccc(C[N+]2(C)C3CCC2CC(C(CCC(=O)O)(C(=O)O)C2CC4CCC(C2)[N+]4(C)Cc2ccc(OC(=O)CC)c(OC(=O)CC)c2)C3)cc1OC(=O)CC.[Br-].[Br-]. The van der Waals surface area contributed by atoms with E-state index >= 15 is 0 Å². The molecule has 4 saturated heterocycles. The molecule has 63 heavy (non-hydrogen) atoms. The van der Waals surface area contributed by atoms with Crippen LogP contribution in [0.3, 0.4) is 0 Å². The number of hydrogen-bond acceptors (Lipinski definition) is 10. The average molecular weight is 1010 g/mol. The molecule has 0 aromatic heterocycles. The van der Waals surface area contributed by atoms with E-state index in [1.54, 1.807) is 52.0 Å². The highest BCUT2D eigenvalue weighted by atomic mass is 79.9. The van der Waals surface area contributed by atoms with Crippen LogP contribution >= 0.6 is 0 Å². The van der Waals surface area contributed by atoms with Gasteiger partial charge in [-0.25, -0.2) is 0 Å². The van der Waals surface area contributed by atoms with Crippen molar-refractivity contribution in [2.24, 2.45) is 17.3 Å². The fourth-order valence-electron chi connectivity index (χ4n) is 11.6. The number of piperidine rings is 2. The Morgan fingerprint density at radius 3 is 1.16 bits per heavy atom. The van der Waals surface area contributed by atoms with Crippen LogP contribution in [0.2, 0.25) is 0 Å². The third kappa shape index (κ3) is 10.8. The topological polar surface area (TPSA) is 180 Å². The quantitative estimate of drug-likeness (QED) is 0.125. The first kappa shape index (κ1) is 51.8. The summed E-state index contributed by atoms with van der Waals surface area (Å²) in [4.78, 5) is 75.3. The highest BCUT2D eigenvalue weighted by molar-refractivity contribution is 5.78. The molecule has 4 unspecified atom stereocenters. The van der Waals surface area contributed by atoms with E-state index in [9.17, 15) is 39.0 Å². The third-order valence-corrected chi connectivity index (χ3v) is 14.9. The Labute approximate surface area is 391 Å². The lowest BCUT2D eigenvalue weighted by Crippen LogP contribution is -3.00. The number of halogens is 2. The number of esters is 4. The second-order valence-electron chi connectivity index (χ2n) is 18.2. The predicted molar refractivity (Wildman–Crippen MR) is 222 cm³/mol. The van der Waals surface area contributed by atoms with E-state index in [2.05, 4.69) is 14.1 Å². The molecule has 4 bridgehead atoms. The summed E-state index contributed by atoms with van der Waals surface area (Å²) in [7, 11) is 4.44. The van der Waals surface area contributed by atoms with Crippen LogP contribution in [0.1, 0.15) is 129 Å². The normalized spacial score (nSPS) is 27.7. The molecule has 16 heteroatoms. The second-order valence-corrected chi connectivity index (χ2v) is 18.2. The van der Waals surface area contributed by atoms with Crippen LogP contribution < -0.4 is 52.9 Å². The van der Waals surface area contributed by atoms with Crippen LogP contribution in [0.5, 0.6) is 23.0 Å². The maximum absolute atomic E-state index is 14.0. The van der Waals surface area contributed by atoms with Crippen molar-refractivity contribution >= 4 is 35.8 Å². The summed E-state index contributed by atoms with van der Waals surface area (Å²) in [6.07, 6.45) is 6.85. The highest BCUT2D eigenvalue weighted by Gasteiger charge is 2.64. The monoisotopic (exact) mass is 1010 g/mol. The van der Waals surface area contributed by atoms with Gasteiger partial charge in [-0.05, 0) is 54.7 Å². The van der Waals surface area contributed by atoms with Gasteiger partial charge in [0.25, 0.3) is 0 Å². The van der Waals surface area contributed by atoms with E-state index in [0.717, 1.165) is 36.8 Å². The lowest BCUT2D eigenvalue weighted by atomic mass is 9.56. The molecule has 0 spiro atoms. The zero-order valence-corrected chi connectivity index (χ0v) is 40.5. The summed E-state index contributed by atoms with van der Waals surface area (Å²) in [6, 6.07) is 11.3. The van der Waals surface area contributed by atoms with Gasteiger partial charge in [-0.2, -0.15) is 0 Å². The van der Waals surface area contributed by atoms with Gasteiger partial charge in [0.15, 0.2) is 23.0 Å². The number of rotatable bonds is 18. The lowest BCUT2D eigenvalue weighted by molar-refractivity contribution is -0.963. The Hall–Kier alpha value is -3.86. The number of carboxylic acids is 2. The first-order chi connectivity index (χ1) is 29.0. The van der Waals surface area contributed by atoms with Gasteiger partial charge in [-0.15, -0.1) is 0 Å². The first-order valence-electron chi connectivity index (χ1n) is 22.2. The highest BCUT2D eigenvalue weighted by Crippen LogP contribution is 2.59. The van der Waals surface area contributed by atoms with E-state index in [4.69, 9.17) is 18.9 Å². The van der Waals surface area contributed by atoms with Crippen molar-refractivity contribution in [1.29, 1.82) is 0 Å². The molecule has 0 amide bonds. The van der Waals surface area contributed by atoms with Crippen molar-refractivity contribution in [2.75, 3.05) is 14.1 Å². The van der Waals surface area contributed by atoms with Crippen molar-refractivity contribution in [3.63, 3.8) is 0 Å². The first-order valence-corrected chi connectivity index (χ1v) is 22.2. The summed E-state index contributed by atoms with van der Waals surface area (Å²) in [5.41, 5.74) is 0.614. The number of fused-ring (bicyclic) bond motifs is 4. The van der Waals surface area contributed by atoms with Gasteiger partial charge in [-0.1, -0.05) is 27.7 Å². The molecule has 4 aliphatic rings. The standard InChI is InChI=1S/C47H62N2O12.2BrH/c1-7-42(52)58-37-17-11-29(21-39(37)60-44(54)9-3)27-48(5)33-13-14-34(48)24-31(23-33)47(46(56)57,20-19-41(50)51)32-25-35-15-16-36(26-32)49(35,6)28-30-12-18-38(59-43(53)8-2)40(22-30)61-45(55)10-4;;/h11-12,17-18,21-22,31-36H,7-10,13-16,19-20,23-28H2,1-6H3;2*1H. The number of carbonyl (C=O) groups excluding carboxylic acids is 4. The lowest BCUT2D eigenvalue weighted by Gasteiger charge is -2.55. The Morgan fingerprint density at radius 1 is 0.556 bits per heavy atom. The number of nitrogens with zero attached hydrogens (tertiary/aromatic N) is 2. The molecule has 4 fully saturated rings. The van der Waals surface area contributed by atoms with Gasteiger partial charge < -0.3 is 72.1 Å². The summed E-state index contributed by atoms with van der Waals surface area (Å²) >= 11 is 0. The maximum Gasteiger partial charge on any atom is 0.311 e. The summed E-state index contributed by atoms with van der Waals surface area (Å²) < 4.78 is 23.6. The van der Waals surface area contributed by atoms with Gasteiger partial charge >= 0.3 is 35.8 Å². The van der Waals surface area contributed by atoms with E-state index < -0.39 is 41.2 Å². The van der Waals surface area contributed by atoms with Crippen LogP contribution in [0.15, 0.2) is 36.4 Å². The summed E-state index contributed by atoms with van der Waals surface area (Å²) in [5.74, 6) is -3.28. The molecule has 2 aromatic carbocycles.